The van der Waals surface area contributed by atoms with Crippen molar-refractivity contribution in [2.24, 2.45) is 0 Å². The second kappa shape index (κ2) is 7.67. The molecule has 0 unspecified atom stereocenters. The van der Waals surface area contributed by atoms with E-state index in [-0.39, 0.29) is 11.5 Å². The molecular formula is C15H22N6O. The van der Waals surface area contributed by atoms with Crippen LogP contribution in [0.15, 0.2) is 11.4 Å². The zero-order valence-electron chi connectivity index (χ0n) is 13.0. The zero-order valence-corrected chi connectivity index (χ0v) is 13.0. The summed E-state index contributed by atoms with van der Waals surface area (Å²) < 4.78 is 0. The number of rotatable bonds is 4. The second-order valence-corrected chi connectivity index (χ2v) is 5.55. The summed E-state index contributed by atoms with van der Waals surface area (Å²) in [7, 11) is 1.72. The van der Waals surface area contributed by atoms with Crippen molar-refractivity contribution in [2.75, 3.05) is 52.9 Å². The van der Waals surface area contributed by atoms with Crippen LogP contribution in [0.3, 0.4) is 0 Å². The quantitative estimate of drug-likeness (QED) is 0.718. The first-order valence-electron chi connectivity index (χ1n) is 7.67. The van der Waals surface area contributed by atoms with E-state index in [4.69, 9.17) is 10.5 Å². The van der Waals surface area contributed by atoms with Gasteiger partial charge in [-0.2, -0.15) is 10.5 Å². The van der Waals surface area contributed by atoms with Crippen LogP contribution in [-0.2, 0) is 4.79 Å². The Balaban J connectivity index is 1.87. The molecule has 7 heteroatoms. The fourth-order valence-electron chi connectivity index (χ4n) is 2.96. The molecule has 0 aromatic carbocycles. The monoisotopic (exact) mass is 302 g/mol. The lowest BCUT2D eigenvalue weighted by atomic mass is 10.2. The van der Waals surface area contributed by atoms with Gasteiger partial charge in [0, 0.05) is 46.3 Å². The third-order valence-corrected chi connectivity index (χ3v) is 4.20. The summed E-state index contributed by atoms with van der Waals surface area (Å²) in [5, 5.41) is 20.9. The van der Waals surface area contributed by atoms with Crippen molar-refractivity contribution in [3.63, 3.8) is 0 Å². The largest absolute Gasteiger partial charge is 0.373 e. The van der Waals surface area contributed by atoms with Crippen LogP contribution in [0, 0.1) is 22.7 Å². The van der Waals surface area contributed by atoms with E-state index in [1.54, 1.807) is 7.05 Å². The first-order chi connectivity index (χ1) is 10.7. The Morgan fingerprint density at radius 3 is 2.09 bits per heavy atom. The maximum absolute atomic E-state index is 12.1. The summed E-state index contributed by atoms with van der Waals surface area (Å²) in [6.07, 6.45) is 2.22. The molecule has 2 fully saturated rings. The van der Waals surface area contributed by atoms with Crippen molar-refractivity contribution in [1.82, 2.24) is 20.0 Å². The normalized spacial score (nSPS) is 18.5. The topological polar surface area (TPSA) is 86.4 Å². The summed E-state index contributed by atoms with van der Waals surface area (Å²) >= 11 is 0. The number of amides is 1. The maximum Gasteiger partial charge on any atom is 0.236 e. The number of allylic oxidation sites excluding steroid dienone is 1. The Labute approximate surface area is 131 Å². The van der Waals surface area contributed by atoms with E-state index < -0.39 is 0 Å². The van der Waals surface area contributed by atoms with Crippen molar-refractivity contribution >= 4 is 5.91 Å². The smallest absolute Gasteiger partial charge is 0.236 e. The van der Waals surface area contributed by atoms with Crippen LogP contribution in [0.4, 0.5) is 0 Å². The minimum Gasteiger partial charge on any atom is -0.373 e. The van der Waals surface area contributed by atoms with Gasteiger partial charge >= 0.3 is 0 Å². The van der Waals surface area contributed by atoms with E-state index in [0.717, 1.165) is 39.0 Å². The second-order valence-electron chi connectivity index (χ2n) is 5.55. The molecule has 2 heterocycles. The van der Waals surface area contributed by atoms with Crippen LogP contribution in [-0.4, -0.2) is 73.5 Å². The number of hydrogen-bond donors (Lipinski definition) is 1. The van der Waals surface area contributed by atoms with Crippen molar-refractivity contribution in [3.05, 3.63) is 11.4 Å². The molecule has 0 aromatic rings. The molecule has 1 N–H and O–H groups in total. The van der Waals surface area contributed by atoms with Crippen LogP contribution in [0.2, 0.25) is 0 Å². The number of nitrogens with one attached hydrogen (secondary N) is 1. The summed E-state index contributed by atoms with van der Waals surface area (Å²) in [6, 6.07) is 3.84. The van der Waals surface area contributed by atoms with Gasteiger partial charge in [-0.3, -0.25) is 9.69 Å². The van der Waals surface area contributed by atoms with Crippen LogP contribution in [0.25, 0.3) is 0 Å². The van der Waals surface area contributed by atoms with Crippen molar-refractivity contribution in [1.29, 1.82) is 10.5 Å². The van der Waals surface area contributed by atoms with Gasteiger partial charge in [-0.05, 0) is 12.8 Å². The molecule has 7 nitrogen and oxygen atoms in total. The van der Waals surface area contributed by atoms with E-state index >= 15 is 0 Å². The molecule has 0 bridgehead atoms. The third kappa shape index (κ3) is 3.69. The highest BCUT2D eigenvalue weighted by molar-refractivity contribution is 5.78. The number of carbonyl (C=O) groups excluding carboxylic acids is 1. The average Bonchev–Trinajstić information content (AvgIpc) is 3.08. The molecule has 2 aliphatic rings. The number of likely N-dealkylation sites (tertiary alicyclic amines) is 1. The summed E-state index contributed by atoms with van der Waals surface area (Å²) in [4.78, 5) is 18.2. The first kappa shape index (κ1) is 16.1. The van der Waals surface area contributed by atoms with E-state index in [1.165, 1.54) is 0 Å². The molecule has 0 aliphatic carbocycles. The Bertz CT molecular complexity index is 499. The Kier molecular flexibility index (Phi) is 5.62. The van der Waals surface area contributed by atoms with Gasteiger partial charge in [0.05, 0.1) is 6.54 Å². The van der Waals surface area contributed by atoms with Crippen molar-refractivity contribution in [2.45, 2.75) is 12.8 Å². The number of nitriles is 2. The molecule has 0 atom stereocenters. The summed E-state index contributed by atoms with van der Waals surface area (Å²) in [6.45, 7) is 5.17. The number of hydrogen-bond acceptors (Lipinski definition) is 6. The molecule has 0 radical (unpaired) electrons. The first-order valence-corrected chi connectivity index (χ1v) is 7.67. The lowest BCUT2D eigenvalue weighted by Crippen LogP contribution is -2.50. The van der Waals surface area contributed by atoms with Crippen LogP contribution < -0.4 is 5.32 Å². The summed E-state index contributed by atoms with van der Waals surface area (Å²) in [5.74, 6) is 0.792. The highest BCUT2D eigenvalue weighted by Gasteiger charge is 2.24. The molecule has 2 saturated heterocycles. The van der Waals surface area contributed by atoms with Gasteiger partial charge in [-0.25, -0.2) is 0 Å². The minimum atomic E-state index is 0.101. The van der Waals surface area contributed by atoms with Gasteiger partial charge in [0.1, 0.15) is 18.0 Å². The van der Waals surface area contributed by atoms with Crippen LogP contribution >= 0.6 is 0 Å². The molecule has 118 valence electrons. The molecule has 1 amide bonds. The number of piperazine rings is 1. The standard InChI is InChI=1S/C15H22N6O/c1-18-15(13(10-16)11-17)21-8-6-19(7-9-21)12-14(22)20-4-2-3-5-20/h18H,2-9,12H2,1H3. The van der Waals surface area contributed by atoms with E-state index in [0.29, 0.717) is 25.5 Å². The van der Waals surface area contributed by atoms with Gasteiger partial charge in [0.15, 0.2) is 5.57 Å². The average molecular weight is 302 g/mol. The fraction of sp³-hybridized carbons (Fsp3) is 0.667. The van der Waals surface area contributed by atoms with Crippen LogP contribution in [0.1, 0.15) is 12.8 Å². The molecular weight excluding hydrogens is 280 g/mol. The number of nitrogens with zero attached hydrogens (tertiary/aromatic N) is 5. The predicted molar refractivity (Wildman–Crippen MR) is 81.1 cm³/mol. The predicted octanol–water partition coefficient (Wildman–Crippen LogP) is -0.295. The van der Waals surface area contributed by atoms with Crippen molar-refractivity contribution < 1.29 is 4.79 Å². The molecule has 0 aromatic heterocycles. The highest BCUT2D eigenvalue weighted by atomic mass is 16.2. The molecule has 0 spiro atoms. The van der Waals surface area contributed by atoms with Gasteiger partial charge in [-0.15, -0.1) is 0 Å². The lowest BCUT2D eigenvalue weighted by molar-refractivity contribution is -0.131. The Morgan fingerprint density at radius 1 is 1.00 bits per heavy atom. The zero-order chi connectivity index (χ0) is 15.9. The van der Waals surface area contributed by atoms with Gasteiger partial charge in [0.25, 0.3) is 0 Å². The molecule has 0 saturated carbocycles. The highest BCUT2D eigenvalue weighted by Crippen LogP contribution is 2.12. The minimum absolute atomic E-state index is 0.101. The molecule has 2 rings (SSSR count). The Hall–Kier alpha value is -2.25. The van der Waals surface area contributed by atoms with E-state index in [2.05, 4.69) is 10.2 Å². The molecule has 2 aliphatic heterocycles. The van der Waals surface area contributed by atoms with E-state index in [9.17, 15) is 4.79 Å². The van der Waals surface area contributed by atoms with Gasteiger partial charge in [-0.1, -0.05) is 0 Å². The number of carbonyl (C=O) groups is 1. The van der Waals surface area contributed by atoms with E-state index in [1.807, 2.05) is 21.9 Å². The molecule has 22 heavy (non-hydrogen) atoms. The van der Waals surface area contributed by atoms with Crippen LogP contribution in [0.5, 0.6) is 0 Å². The summed E-state index contributed by atoms with van der Waals surface area (Å²) in [5.41, 5.74) is 0.101. The Morgan fingerprint density at radius 2 is 1.59 bits per heavy atom. The van der Waals surface area contributed by atoms with Gasteiger partial charge < -0.3 is 15.1 Å². The third-order valence-electron chi connectivity index (χ3n) is 4.20. The maximum atomic E-state index is 12.1. The SMILES string of the molecule is CNC(=C(C#N)C#N)N1CCN(CC(=O)N2CCCC2)CC1. The van der Waals surface area contributed by atoms with Gasteiger partial charge in [0.2, 0.25) is 5.91 Å². The fourth-order valence-corrected chi connectivity index (χ4v) is 2.96. The van der Waals surface area contributed by atoms with Crippen molar-refractivity contribution in [3.8, 4) is 12.1 Å². The lowest BCUT2D eigenvalue weighted by Gasteiger charge is -2.37.